The average Bonchev–Trinajstić information content (AvgIpc) is 2.60. The molecule has 2 amide bonds. The van der Waals surface area contributed by atoms with E-state index in [2.05, 4.69) is 10.6 Å². The Morgan fingerprint density at radius 3 is 2.44 bits per heavy atom. The normalized spacial score (nSPS) is 10.2. The first-order valence-corrected chi connectivity index (χ1v) is 8.45. The fourth-order valence-corrected chi connectivity index (χ4v) is 2.45. The van der Waals surface area contributed by atoms with E-state index in [1.54, 1.807) is 12.1 Å². The highest BCUT2D eigenvalue weighted by Gasteiger charge is 2.07. The van der Waals surface area contributed by atoms with Crippen LogP contribution in [0.25, 0.3) is 0 Å². The number of nitrogens with one attached hydrogen (secondary N) is 2. The molecule has 0 radical (unpaired) electrons. The second kappa shape index (κ2) is 9.91. The van der Waals surface area contributed by atoms with Gasteiger partial charge in [-0.2, -0.15) is 0 Å². The highest BCUT2D eigenvalue weighted by Crippen LogP contribution is 2.27. The first kappa shape index (κ1) is 19.1. The molecule has 0 bridgehead atoms. The monoisotopic (exact) mass is 380 g/mol. The van der Waals surface area contributed by atoms with Crippen LogP contribution in [0.5, 0.6) is 5.75 Å². The standard InChI is InChI=1S/C18H18Cl2N2O3/c19-14-6-7-16(15(20)10-14)25-12-18(24)21-9-8-17(23)22-11-13-4-2-1-3-5-13/h1-7,10H,8-9,11-12H2,(H,21,24)(H,22,23). The maximum absolute atomic E-state index is 11.7. The summed E-state index contributed by atoms with van der Waals surface area (Å²) < 4.78 is 5.31. The summed E-state index contributed by atoms with van der Waals surface area (Å²) in [6, 6.07) is 14.4. The molecular formula is C18H18Cl2N2O3. The summed E-state index contributed by atoms with van der Waals surface area (Å²) in [5, 5.41) is 6.23. The highest BCUT2D eigenvalue weighted by molar-refractivity contribution is 6.35. The Balaban J connectivity index is 1.62. The Morgan fingerprint density at radius 2 is 1.72 bits per heavy atom. The number of carbonyl (C=O) groups is 2. The Hall–Kier alpha value is -2.24. The molecule has 2 aromatic rings. The lowest BCUT2D eigenvalue weighted by atomic mass is 10.2. The number of carbonyl (C=O) groups excluding carboxylic acids is 2. The molecule has 0 aliphatic heterocycles. The minimum absolute atomic E-state index is 0.134. The molecule has 0 spiro atoms. The van der Waals surface area contributed by atoms with E-state index in [0.29, 0.717) is 22.3 Å². The molecule has 2 rings (SSSR count). The smallest absolute Gasteiger partial charge is 0.257 e. The van der Waals surface area contributed by atoms with Crippen LogP contribution >= 0.6 is 23.2 Å². The van der Waals surface area contributed by atoms with Crippen molar-refractivity contribution in [3.63, 3.8) is 0 Å². The third-order valence-corrected chi connectivity index (χ3v) is 3.79. The van der Waals surface area contributed by atoms with Gasteiger partial charge in [0, 0.05) is 24.5 Å². The fourth-order valence-electron chi connectivity index (χ4n) is 1.99. The molecule has 7 heteroatoms. The highest BCUT2D eigenvalue weighted by atomic mass is 35.5. The molecule has 0 saturated carbocycles. The summed E-state index contributed by atoms with van der Waals surface area (Å²) >= 11 is 11.7. The van der Waals surface area contributed by atoms with E-state index >= 15 is 0 Å². The maximum atomic E-state index is 11.7. The molecule has 2 aromatic carbocycles. The Bertz CT molecular complexity index is 724. The van der Waals surface area contributed by atoms with Crippen molar-refractivity contribution in [1.29, 1.82) is 0 Å². The predicted molar refractivity (Wildman–Crippen MR) is 97.9 cm³/mol. The first-order chi connectivity index (χ1) is 12.0. The third kappa shape index (κ3) is 7.03. The quantitative estimate of drug-likeness (QED) is 0.738. The van der Waals surface area contributed by atoms with Crippen LogP contribution in [0.15, 0.2) is 48.5 Å². The van der Waals surface area contributed by atoms with Crippen molar-refractivity contribution in [2.75, 3.05) is 13.2 Å². The van der Waals surface area contributed by atoms with Crippen LogP contribution in [0.3, 0.4) is 0 Å². The Labute approximate surface area is 156 Å². The van der Waals surface area contributed by atoms with Crippen LogP contribution in [-0.2, 0) is 16.1 Å². The number of halogens is 2. The van der Waals surface area contributed by atoms with Gasteiger partial charge in [0.25, 0.3) is 5.91 Å². The number of amides is 2. The summed E-state index contributed by atoms with van der Waals surface area (Å²) in [5.41, 5.74) is 1.02. The lowest BCUT2D eigenvalue weighted by molar-refractivity contribution is -0.123. The molecule has 0 aliphatic rings. The summed E-state index contributed by atoms with van der Waals surface area (Å²) in [6.45, 7) is 0.510. The zero-order valence-electron chi connectivity index (χ0n) is 13.4. The number of hydrogen-bond donors (Lipinski definition) is 2. The van der Waals surface area contributed by atoms with Crippen molar-refractivity contribution in [2.45, 2.75) is 13.0 Å². The van der Waals surface area contributed by atoms with E-state index in [1.807, 2.05) is 30.3 Å². The van der Waals surface area contributed by atoms with Gasteiger partial charge in [-0.3, -0.25) is 9.59 Å². The van der Waals surface area contributed by atoms with E-state index in [9.17, 15) is 9.59 Å². The van der Waals surface area contributed by atoms with Crippen LogP contribution < -0.4 is 15.4 Å². The number of benzene rings is 2. The van der Waals surface area contributed by atoms with E-state index in [1.165, 1.54) is 6.07 Å². The van der Waals surface area contributed by atoms with Crippen LogP contribution in [0.2, 0.25) is 10.0 Å². The molecule has 5 nitrogen and oxygen atoms in total. The van der Waals surface area contributed by atoms with Gasteiger partial charge in [0.2, 0.25) is 5.91 Å². The Kier molecular flexibility index (Phi) is 7.57. The molecule has 0 unspecified atom stereocenters. The zero-order chi connectivity index (χ0) is 18.1. The molecular weight excluding hydrogens is 363 g/mol. The maximum Gasteiger partial charge on any atom is 0.257 e. The van der Waals surface area contributed by atoms with Crippen molar-refractivity contribution in [1.82, 2.24) is 10.6 Å². The predicted octanol–water partition coefficient (Wildman–Crippen LogP) is 3.19. The lowest BCUT2D eigenvalue weighted by Gasteiger charge is -2.09. The minimum atomic E-state index is -0.332. The van der Waals surface area contributed by atoms with Crippen LogP contribution in [0.1, 0.15) is 12.0 Å². The topological polar surface area (TPSA) is 67.4 Å². The lowest BCUT2D eigenvalue weighted by Crippen LogP contribution is -2.33. The van der Waals surface area contributed by atoms with Gasteiger partial charge in [-0.25, -0.2) is 0 Å². The van der Waals surface area contributed by atoms with E-state index in [4.69, 9.17) is 27.9 Å². The summed E-state index contributed by atoms with van der Waals surface area (Å²) in [4.78, 5) is 23.4. The Morgan fingerprint density at radius 1 is 0.960 bits per heavy atom. The minimum Gasteiger partial charge on any atom is -0.482 e. The fraction of sp³-hybridized carbons (Fsp3) is 0.222. The van der Waals surface area contributed by atoms with Crippen molar-refractivity contribution in [3.8, 4) is 5.75 Å². The van der Waals surface area contributed by atoms with Crippen LogP contribution in [0, 0.1) is 0 Å². The van der Waals surface area contributed by atoms with Gasteiger partial charge < -0.3 is 15.4 Å². The molecule has 0 aliphatic carbocycles. The summed E-state index contributed by atoms with van der Waals surface area (Å²) in [5.74, 6) is -0.0884. The van der Waals surface area contributed by atoms with Gasteiger partial charge in [0.1, 0.15) is 5.75 Å². The number of hydrogen-bond acceptors (Lipinski definition) is 3. The second-order valence-electron chi connectivity index (χ2n) is 5.23. The third-order valence-electron chi connectivity index (χ3n) is 3.26. The largest absolute Gasteiger partial charge is 0.482 e. The molecule has 25 heavy (non-hydrogen) atoms. The van der Waals surface area contributed by atoms with Crippen molar-refractivity contribution in [2.24, 2.45) is 0 Å². The van der Waals surface area contributed by atoms with Gasteiger partial charge >= 0.3 is 0 Å². The molecule has 0 fully saturated rings. The molecule has 0 heterocycles. The van der Waals surface area contributed by atoms with Crippen molar-refractivity contribution in [3.05, 3.63) is 64.1 Å². The van der Waals surface area contributed by atoms with Gasteiger partial charge in [0.15, 0.2) is 6.61 Å². The summed E-state index contributed by atoms with van der Waals surface area (Å²) in [6.07, 6.45) is 0.195. The average molecular weight is 381 g/mol. The van der Waals surface area contributed by atoms with E-state index in [0.717, 1.165) is 5.56 Å². The van der Waals surface area contributed by atoms with Crippen molar-refractivity contribution < 1.29 is 14.3 Å². The number of rotatable bonds is 8. The summed E-state index contributed by atoms with van der Waals surface area (Å²) in [7, 11) is 0. The van der Waals surface area contributed by atoms with Crippen molar-refractivity contribution >= 4 is 35.0 Å². The molecule has 0 atom stereocenters. The van der Waals surface area contributed by atoms with Gasteiger partial charge in [0.05, 0.1) is 5.02 Å². The zero-order valence-corrected chi connectivity index (χ0v) is 14.9. The van der Waals surface area contributed by atoms with Gasteiger partial charge in [-0.15, -0.1) is 0 Å². The molecule has 2 N–H and O–H groups in total. The van der Waals surface area contributed by atoms with E-state index in [-0.39, 0.29) is 31.4 Å². The first-order valence-electron chi connectivity index (χ1n) is 7.70. The molecule has 0 aromatic heterocycles. The number of ether oxygens (including phenoxy) is 1. The van der Waals surface area contributed by atoms with E-state index < -0.39 is 0 Å². The van der Waals surface area contributed by atoms with Crippen LogP contribution in [-0.4, -0.2) is 25.0 Å². The van der Waals surface area contributed by atoms with Gasteiger partial charge in [-0.05, 0) is 23.8 Å². The molecule has 132 valence electrons. The SMILES string of the molecule is O=C(CCNC(=O)COc1ccc(Cl)cc1Cl)NCc1ccccc1. The second-order valence-corrected chi connectivity index (χ2v) is 6.07. The van der Waals surface area contributed by atoms with Crippen LogP contribution in [0.4, 0.5) is 0 Å². The molecule has 0 saturated heterocycles. The van der Waals surface area contributed by atoms with Gasteiger partial charge in [-0.1, -0.05) is 53.5 Å².